The molecule has 0 aliphatic heterocycles. The van der Waals surface area contributed by atoms with Gasteiger partial charge in [-0.15, -0.1) is 11.8 Å². The first-order valence-electron chi connectivity index (χ1n) is 17.1. The zero-order valence-corrected chi connectivity index (χ0v) is 29.9. The zero-order chi connectivity index (χ0) is 36.7. The monoisotopic (exact) mass is 720 g/mol. The minimum Gasteiger partial charge on any atom is -0.496 e. The molecule has 3 amide bonds. The molecule has 2 aromatic heterocycles. The molecule has 0 aliphatic carbocycles. The van der Waals surface area contributed by atoms with Crippen molar-refractivity contribution in [2.45, 2.75) is 18.4 Å². The minimum absolute atomic E-state index is 0.00709. The first-order chi connectivity index (χ1) is 25.9. The highest BCUT2D eigenvalue weighted by Gasteiger charge is 2.17. The van der Waals surface area contributed by atoms with Gasteiger partial charge in [-0.2, -0.15) is 0 Å². The van der Waals surface area contributed by atoms with E-state index < -0.39 is 11.8 Å². The summed E-state index contributed by atoms with van der Waals surface area (Å²) in [6.07, 6.45) is 1.48. The van der Waals surface area contributed by atoms with Gasteiger partial charge in [-0.3, -0.25) is 14.4 Å². The SMILES string of the molecule is CCn1c2ccccc2c2cc(NC(=O)CSc3ccc(NC(=O)C(=Cc4ccc(-c5ccccc5OC)o4)NC(=O)c4ccccc4)cc3)ccc21. The maximum atomic E-state index is 13.6. The summed E-state index contributed by atoms with van der Waals surface area (Å²) in [4.78, 5) is 40.5. The highest BCUT2D eigenvalue weighted by Crippen LogP contribution is 2.33. The summed E-state index contributed by atoms with van der Waals surface area (Å²) in [5.41, 5.74) is 4.70. The number of rotatable bonds is 12. The largest absolute Gasteiger partial charge is 0.496 e. The standard InChI is InChI=1S/C43H36N4O5S/c1-3-47-37-15-9-7-13-33(37)35-25-30(19-23-38(35)47)44-41(48)27-53-32-21-17-29(18-22-32)45-43(50)36(46-42(49)28-11-5-4-6-12-28)26-31-20-24-40(52-31)34-14-8-10-16-39(34)51-2/h4-26H,3,27H2,1-2H3,(H,44,48)(H,45,50)(H,46,49). The van der Waals surface area contributed by atoms with Crippen LogP contribution in [-0.2, 0) is 16.1 Å². The van der Waals surface area contributed by atoms with Gasteiger partial charge < -0.3 is 29.7 Å². The van der Waals surface area contributed by atoms with Gasteiger partial charge in [0.15, 0.2) is 0 Å². The lowest BCUT2D eigenvalue weighted by Gasteiger charge is -2.11. The number of nitrogens with zero attached hydrogens (tertiary/aromatic N) is 1. The molecule has 0 fully saturated rings. The van der Waals surface area contributed by atoms with Gasteiger partial charge >= 0.3 is 0 Å². The number of carbonyl (C=O) groups is 3. The number of aryl methyl sites for hydroxylation is 1. The number of fused-ring (bicyclic) bond motifs is 3. The summed E-state index contributed by atoms with van der Waals surface area (Å²) < 4.78 is 13.8. The lowest BCUT2D eigenvalue weighted by Crippen LogP contribution is -2.30. The van der Waals surface area contributed by atoms with E-state index >= 15 is 0 Å². The van der Waals surface area contributed by atoms with Crippen LogP contribution < -0.4 is 20.7 Å². The third-order valence-electron chi connectivity index (χ3n) is 8.67. The predicted molar refractivity (Wildman–Crippen MR) is 212 cm³/mol. The Morgan fingerprint density at radius 2 is 1.47 bits per heavy atom. The molecule has 0 unspecified atom stereocenters. The number of amides is 3. The summed E-state index contributed by atoms with van der Waals surface area (Å²) >= 11 is 1.39. The van der Waals surface area contributed by atoms with E-state index in [0.717, 1.165) is 39.0 Å². The van der Waals surface area contributed by atoms with Gasteiger partial charge in [-0.25, -0.2) is 0 Å². The van der Waals surface area contributed by atoms with Crippen LogP contribution >= 0.6 is 11.8 Å². The fraction of sp³-hybridized carbons (Fsp3) is 0.0930. The molecule has 3 N–H and O–H groups in total. The molecular formula is C43H36N4O5S. The predicted octanol–water partition coefficient (Wildman–Crippen LogP) is 9.22. The quantitative estimate of drug-likeness (QED) is 0.0857. The molecule has 10 heteroatoms. The van der Waals surface area contributed by atoms with E-state index in [9.17, 15) is 14.4 Å². The van der Waals surface area contributed by atoms with Crippen LogP contribution in [0.3, 0.4) is 0 Å². The maximum absolute atomic E-state index is 13.6. The van der Waals surface area contributed by atoms with Crippen LogP contribution in [0.4, 0.5) is 11.4 Å². The molecular weight excluding hydrogens is 685 g/mol. The molecule has 0 aliphatic rings. The van der Waals surface area contributed by atoms with Gasteiger partial charge in [0.1, 0.15) is 23.0 Å². The highest BCUT2D eigenvalue weighted by atomic mass is 32.2. The molecule has 0 spiro atoms. The average Bonchev–Trinajstić information content (AvgIpc) is 3.79. The molecule has 0 radical (unpaired) electrons. The third-order valence-corrected chi connectivity index (χ3v) is 9.68. The number of hydrogen-bond acceptors (Lipinski definition) is 6. The van der Waals surface area contributed by atoms with Gasteiger partial charge in [0.05, 0.1) is 18.4 Å². The van der Waals surface area contributed by atoms with E-state index in [1.54, 1.807) is 55.6 Å². The van der Waals surface area contributed by atoms with Gasteiger partial charge in [0.2, 0.25) is 5.91 Å². The molecule has 5 aromatic carbocycles. The number of aromatic nitrogens is 1. The molecule has 0 saturated heterocycles. The van der Waals surface area contributed by atoms with E-state index in [0.29, 0.717) is 28.5 Å². The Morgan fingerprint density at radius 1 is 0.755 bits per heavy atom. The van der Waals surface area contributed by atoms with Crippen LogP contribution in [0.1, 0.15) is 23.0 Å². The number of nitrogens with one attached hydrogen (secondary N) is 3. The van der Waals surface area contributed by atoms with Crippen molar-refractivity contribution in [1.29, 1.82) is 0 Å². The lowest BCUT2D eigenvalue weighted by molar-refractivity contribution is -0.114. The number of para-hydroxylation sites is 2. The van der Waals surface area contributed by atoms with Crippen LogP contribution in [0.15, 0.2) is 148 Å². The van der Waals surface area contributed by atoms with Gasteiger partial charge in [0, 0.05) is 56.3 Å². The number of anilines is 2. The van der Waals surface area contributed by atoms with E-state index in [1.165, 1.54) is 23.4 Å². The molecule has 0 bridgehead atoms. The Bertz CT molecular complexity index is 2470. The van der Waals surface area contributed by atoms with Crippen molar-refractivity contribution in [2.24, 2.45) is 0 Å². The highest BCUT2D eigenvalue weighted by molar-refractivity contribution is 8.00. The van der Waals surface area contributed by atoms with Crippen molar-refractivity contribution < 1.29 is 23.5 Å². The average molecular weight is 721 g/mol. The molecule has 9 nitrogen and oxygen atoms in total. The molecule has 0 saturated carbocycles. The van der Waals surface area contributed by atoms with Gasteiger partial charge in [-0.05, 0) is 91.9 Å². The first-order valence-corrected chi connectivity index (χ1v) is 18.0. The second-order valence-electron chi connectivity index (χ2n) is 12.1. The number of methoxy groups -OCH3 is 1. The number of thioether (sulfide) groups is 1. The molecule has 264 valence electrons. The van der Waals surface area contributed by atoms with E-state index in [2.05, 4.69) is 45.6 Å². The fourth-order valence-electron chi connectivity index (χ4n) is 6.16. The third kappa shape index (κ3) is 7.88. The molecule has 0 atom stereocenters. The zero-order valence-electron chi connectivity index (χ0n) is 29.1. The van der Waals surface area contributed by atoms with Crippen LogP contribution in [0.25, 0.3) is 39.2 Å². The first kappa shape index (κ1) is 34.9. The summed E-state index contributed by atoms with van der Waals surface area (Å²) in [6.45, 7) is 2.98. The topological polar surface area (TPSA) is 115 Å². The number of benzene rings is 5. The second kappa shape index (κ2) is 15.8. The Labute approximate surface area is 310 Å². The summed E-state index contributed by atoms with van der Waals surface area (Å²) in [6, 6.07) is 41.0. The van der Waals surface area contributed by atoms with Crippen LogP contribution in [-0.4, -0.2) is 35.2 Å². The number of ether oxygens (including phenoxy) is 1. The van der Waals surface area contributed by atoms with Crippen molar-refractivity contribution in [3.63, 3.8) is 0 Å². The smallest absolute Gasteiger partial charge is 0.272 e. The van der Waals surface area contributed by atoms with Crippen LogP contribution in [0.2, 0.25) is 0 Å². The van der Waals surface area contributed by atoms with E-state index in [-0.39, 0.29) is 17.4 Å². The molecule has 53 heavy (non-hydrogen) atoms. The molecule has 2 heterocycles. The van der Waals surface area contributed by atoms with Gasteiger partial charge in [-0.1, -0.05) is 48.5 Å². The Hall–Kier alpha value is -6.52. The lowest BCUT2D eigenvalue weighted by atomic mass is 10.1. The van der Waals surface area contributed by atoms with Crippen molar-refractivity contribution in [3.05, 3.63) is 150 Å². The van der Waals surface area contributed by atoms with Gasteiger partial charge in [0.25, 0.3) is 11.8 Å². The van der Waals surface area contributed by atoms with Crippen LogP contribution in [0, 0.1) is 0 Å². The van der Waals surface area contributed by atoms with Crippen LogP contribution in [0.5, 0.6) is 5.75 Å². The van der Waals surface area contributed by atoms with Crippen molar-refractivity contribution in [3.8, 4) is 17.1 Å². The minimum atomic E-state index is -0.539. The number of hydrogen-bond donors (Lipinski definition) is 3. The summed E-state index contributed by atoms with van der Waals surface area (Å²) in [5, 5.41) is 10.9. The fourth-order valence-corrected chi connectivity index (χ4v) is 6.86. The Balaban J connectivity index is 1.01. The second-order valence-corrected chi connectivity index (χ2v) is 13.1. The number of furan rings is 1. The van der Waals surface area contributed by atoms with E-state index in [4.69, 9.17) is 9.15 Å². The summed E-state index contributed by atoms with van der Waals surface area (Å²) in [5.74, 6) is 0.655. The molecule has 7 aromatic rings. The molecule has 7 rings (SSSR count). The number of carbonyl (C=O) groups excluding carboxylic acids is 3. The maximum Gasteiger partial charge on any atom is 0.272 e. The van der Waals surface area contributed by atoms with Crippen molar-refractivity contribution >= 4 is 68.7 Å². The Morgan fingerprint density at radius 3 is 2.26 bits per heavy atom. The van der Waals surface area contributed by atoms with E-state index in [1.807, 2.05) is 66.7 Å². The summed E-state index contributed by atoms with van der Waals surface area (Å²) in [7, 11) is 1.58. The van der Waals surface area contributed by atoms with Crippen molar-refractivity contribution in [1.82, 2.24) is 9.88 Å². The normalized spacial score (nSPS) is 11.4. The van der Waals surface area contributed by atoms with Crippen molar-refractivity contribution in [2.75, 3.05) is 23.5 Å². The Kier molecular flexibility index (Phi) is 10.4.